The summed E-state index contributed by atoms with van der Waals surface area (Å²) in [6, 6.07) is 6.98. The molecule has 2 aromatic rings. The average molecular weight is 290 g/mol. The van der Waals surface area contributed by atoms with Crippen molar-refractivity contribution in [1.29, 1.82) is 0 Å². The van der Waals surface area contributed by atoms with Crippen molar-refractivity contribution in [3.8, 4) is 0 Å². The summed E-state index contributed by atoms with van der Waals surface area (Å²) in [7, 11) is 0. The van der Waals surface area contributed by atoms with Crippen LogP contribution in [0.1, 0.15) is 0 Å². The van der Waals surface area contributed by atoms with E-state index in [0.717, 1.165) is 0 Å². The number of ether oxygens (including phenoxy) is 1. The molecule has 110 valence electrons. The Morgan fingerprint density at radius 1 is 1.43 bits per heavy atom. The number of aliphatic carboxylic acids is 1. The van der Waals surface area contributed by atoms with Crippen LogP contribution in [-0.2, 0) is 16.2 Å². The molecule has 8 nitrogen and oxygen atoms in total. The van der Waals surface area contributed by atoms with E-state index < -0.39 is 12.1 Å². The van der Waals surface area contributed by atoms with Crippen LogP contribution in [0.15, 0.2) is 29.1 Å². The van der Waals surface area contributed by atoms with Gasteiger partial charge in [0.2, 0.25) is 0 Å². The topological polar surface area (TPSA) is 97.5 Å². The Bertz CT molecular complexity index is 729. The first-order valence-electron chi connectivity index (χ1n) is 6.54. The minimum absolute atomic E-state index is 0.198. The average Bonchev–Trinajstić information content (AvgIpc) is 2.51. The van der Waals surface area contributed by atoms with Gasteiger partial charge in [-0.15, -0.1) is 5.10 Å². The van der Waals surface area contributed by atoms with Gasteiger partial charge in [-0.3, -0.25) is 9.69 Å². The van der Waals surface area contributed by atoms with Gasteiger partial charge in [0.25, 0.3) is 5.56 Å². The van der Waals surface area contributed by atoms with Crippen LogP contribution in [0.5, 0.6) is 0 Å². The van der Waals surface area contributed by atoms with Crippen LogP contribution >= 0.6 is 0 Å². The first-order valence-corrected chi connectivity index (χ1v) is 6.54. The van der Waals surface area contributed by atoms with E-state index in [0.29, 0.717) is 24.1 Å². The van der Waals surface area contributed by atoms with E-state index >= 15 is 0 Å². The minimum Gasteiger partial charge on any atom is -0.479 e. The lowest BCUT2D eigenvalue weighted by molar-refractivity contribution is -0.157. The molecule has 1 N–H and O–H groups in total. The molecule has 3 rings (SSSR count). The molecule has 1 atom stereocenters. The van der Waals surface area contributed by atoms with Crippen LogP contribution in [0, 0.1) is 0 Å². The zero-order valence-electron chi connectivity index (χ0n) is 11.2. The lowest BCUT2D eigenvalue weighted by Gasteiger charge is -2.30. The molecule has 1 saturated heterocycles. The number of carbonyl (C=O) groups is 1. The van der Waals surface area contributed by atoms with Gasteiger partial charge in [0.05, 0.1) is 18.7 Å². The van der Waals surface area contributed by atoms with Crippen molar-refractivity contribution in [2.45, 2.75) is 12.8 Å². The fraction of sp³-hybridized carbons (Fsp3) is 0.385. The van der Waals surface area contributed by atoms with Crippen LogP contribution < -0.4 is 5.56 Å². The van der Waals surface area contributed by atoms with E-state index in [1.54, 1.807) is 24.3 Å². The Kier molecular flexibility index (Phi) is 3.63. The summed E-state index contributed by atoms with van der Waals surface area (Å²) in [5.74, 6) is -1.00. The molecule has 0 radical (unpaired) electrons. The van der Waals surface area contributed by atoms with Gasteiger partial charge in [-0.2, -0.15) is 4.68 Å². The van der Waals surface area contributed by atoms with E-state index in [4.69, 9.17) is 9.84 Å². The SMILES string of the molecule is O=C(O)C1CN(Cn2nnc3ccccc3c2=O)CCO1. The van der Waals surface area contributed by atoms with Gasteiger partial charge < -0.3 is 9.84 Å². The normalized spacial score (nSPS) is 19.7. The maximum absolute atomic E-state index is 12.3. The summed E-state index contributed by atoms with van der Waals surface area (Å²) in [5.41, 5.74) is 0.308. The third kappa shape index (κ3) is 2.76. The minimum atomic E-state index is -1.00. The third-order valence-corrected chi connectivity index (χ3v) is 3.39. The highest BCUT2D eigenvalue weighted by atomic mass is 16.5. The summed E-state index contributed by atoms with van der Waals surface area (Å²) in [5, 5.41) is 17.4. The summed E-state index contributed by atoms with van der Waals surface area (Å²) < 4.78 is 6.39. The van der Waals surface area contributed by atoms with Crippen LogP contribution in [0.25, 0.3) is 10.9 Å². The molecule has 1 aliphatic heterocycles. The number of aromatic nitrogens is 3. The van der Waals surface area contributed by atoms with Gasteiger partial charge in [-0.25, -0.2) is 4.79 Å². The second-order valence-corrected chi connectivity index (χ2v) is 4.83. The van der Waals surface area contributed by atoms with E-state index in [1.807, 2.05) is 4.90 Å². The Morgan fingerprint density at radius 3 is 3.05 bits per heavy atom. The molecule has 0 spiro atoms. The molecule has 0 amide bonds. The first-order chi connectivity index (χ1) is 10.1. The number of hydrogen-bond donors (Lipinski definition) is 1. The van der Waals surface area contributed by atoms with Crippen LogP contribution in [0.2, 0.25) is 0 Å². The molecule has 0 aliphatic carbocycles. The van der Waals surface area contributed by atoms with Crippen molar-refractivity contribution in [2.24, 2.45) is 0 Å². The molecule has 1 aromatic carbocycles. The predicted octanol–water partition coefficient (Wildman–Crippen LogP) is -0.466. The van der Waals surface area contributed by atoms with Crippen LogP contribution in [0.4, 0.5) is 0 Å². The highest BCUT2D eigenvalue weighted by Gasteiger charge is 2.26. The highest BCUT2D eigenvalue weighted by Crippen LogP contribution is 2.07. The number of benzene rings is 1. The Balaban J connectivity index is 1.83. The number of hydrogen-bond acceptors (Lipinski definition) is 6. The van der Waals surface area contributed by atoms with Crippen molar-refractivity contribution in [2.75, 3.05) is 19.7 Å². The Labute approximate surface area is 119 Å². The number of carboxylic acids is 1. The quantitative estimate of drug-likeness (QED) is 0.816. The monoisotopic (exact) mass is 290 g/mol. The van der Waals surface area contributed by atoms with Gasteiger partial charge in [0, 0.05) is 13.1 Å². The Hall–Kier alpha value is -2.32. The second-order valence-electron chi connectivity index (χ2n) is 4.83. The van der Waals surface area contributed by atoms with Crippen molar-refractivity contribution in [1.82, 2.24) is 19.9 Å². The molecule has 1 fully saturated rings. The molecule has 1 aromatic heterocycles. The van der Waals surface area contributed by atoms with Gasteiger partial charge in [0.15, 0.2) is 6.10 Å². The number of carboxylic acid groups (broad SMARTS) is 1. The predicted molar refractivity (Wildman–Crippen MR) is 72.7 cm³/mol. The highest BCUT2D eigenvalue weighted by molar-refractivity contribution is 5.76. The molecule has 2 heterocycles. The summed E-state index contributed by atoms with van der Waals surface area (Å²) in [6.45, 7) is 1.28. The number of fused-ring (bicyclic) bond motifs is 1. The van der Waals surface area contributed by atoms with Crippen LogP contribution in [0.3, 0.4) is 0 Å². The molecule has 8 heteroatoms. The largest absolute Gasteiger partial charge is 0.479 e. The van der Waals surface area contributed by atoms with Crippen molar-refractivity contribution >= 4 is 16.9 Å². The van der Waals surface area contributed by atoms with Gasteiger partial charge in [0.1, 0.15) is 5.52 Å². The van der Waals surface area contributed by atoms with E-state index in [2.05, 4.69) is 10.3 Å². The zero-order valence-corrected chi connectivity index (χ0v) is 11.2. The second kappa shape index (κ2) is 5.58. The smallest absolute Gasteiger partial charge is 0.334 e. The Morgan fingerprint density at radius 2 is 2.24 bits per heavy atom. The third-order valence-electron chi connectivity index (χ3n) is 3.39. The lowest BCUT2D eigenvalue weighted by atomic mass is 10.2. The molecule has 21 heavy (non-hydrogen) atoms. The van der Waals surface area contributed by atoms with Crippen molar-refractivity contribution in [3.63, 3.8) is 0 Å². The van der Waals surface area contributed by atoms with E-state index in [1.165, 1.54) is 4.68 Å². The molecular formula is C13H14N4O4. The zero-order chi connectivity index (χ0) is 14.8. The number of morpholine rings is 1. The fourth-order valence-electron chi connectivity index (χ4n) is 2.29. The fourth-order valence-corrected chi connectivity index (χ4v) is 2.29. The molecule has 1 aliphatic rings. The summed E-state index contributed by atoms with van der Waals surface area (Å²) >= 11 is 0. The maximum Gasteiger partial charge on any atom is 0.334 e. The molecule has 1 unspecified atom stereocenters. The summed E-state index contributed by atoms with van der Waals surface area (Å²) in [6.07, 6.45) is -0.872. The number of rotatable bonds is 3. The maximum atomic E-state index is 12.3. The van der Waals surface area contributed by atoms with Crippen molar-refractivity contribution in [3.05, 3.63) is 34.6 Å². The standard InChI is InChI=1S/C13H14N4O4/c18-12-9-3-1-2-4-10(9)14-15-17(12)8-16-5-6-21-11(7-16)13(19)20/h1-4,11H,5-8H2,(H,19,20). The molecule has 0 saturated carbocycles. The summed E-state index contributed by atoms with van der Waals surface area (Å²) in [4.78, 5) is 25.1. The van der Waals surface area contributed by atoms with E-state index in [9.17, 15) is 9.59 Å². The van der Waals surface area contributed by atoms with Gasteiger partial charge in [-0.1, -0.05) is 17.3 Å². The van der Waals surface area contributed by atoms with Gasteiger partial charge in [-0.05, 0) is 12.1 Å². The first kappa shape index (κ1) is 13.7. The number of nitrogens with zero attached hydrogens (tertiary/aromatic N) is 4. The molecule has 0 bridgehead atoms. The lowest BCUT2D eigenvalue weighted by Crippen LogP contribution is -2.48. The van der Waals surface area contributed by atoms with Crippen molar-refractivity contribution < 1.29 is 14.6 Å². The van der Waals surface area contributed by atoms with Crippen LogP contribution in [-0.4, -0.2) is 56.8 Å². The van der Waals surface area contributed by atoms with E-state index in [-0.39, 0.29) is 18.8 Å². The van der Waals surface area contributed by atoms with Gasteiger partial charge >= 0.3 is 5.97 Å². The molecular weight excluding hydrogens is 276 g/mol.